The van der Waals surface area contributed by atoms with Gasteiger partial charge in [-0.2, -0.15) is 0 Å². The highest BCUT2D eigenvalue weighted by Crippen LogP contribution is 2.34. The second-order valence-corrected chi connectivity index (χ2v) is 7.19. The summed E-state index contributed by atoms with van der Waals surface area (Å²) in [6.45, 7) is 1.91. The van der Waals surface area contributed by atoms with Gasteiger partial charge in [0.05, 0.1) is 23.3 Å². The number of imide groups is 1. The molecule has 3 aromatic carbocycles. The van der Waals surface area contributed by atoms with E-state index in [0.717, 1.165) is 10.5 Å². The van der Waals surface area contributed by atoms with Gasteiger partial charge < -0.3 is 10.1 Å². The fourth-order valence-electron chi connectivity index (χ4n) is 3.41. The van der Waals surface area contributed by atoms with Gasteiger partial charge in [-0.15, -0.1) is 0 Å². The molecule has 1 aliphatic rings. The van der Waals surface area contributed by atoms with E-state index >= 15 is 0 Å². The third-order valence-electron chi connectivity index (χ3n) is 5.10. The van der Waals surface area contributed by atoms with Crippen LogP contribution in [0.5, 0.6) is 5.75 Å². The third-order valence-corrected chi connectivity index (χ3v) is 5.10. The zero-order chi connectivity index (χ0) is 22.8. The van der Waals surface area contributed by atoms with Crippen LogP contribution in [0.3, 0.4) is 0 Å². The van der Waals surface area contributed by atoms with Gasteiger partial charge in [0.2, 0.25) is 0 Å². The molecule has 8 nitrogen and oxygen atoms in total. The number of anilines is 2. The van der Waals surface area contributed by atoms with E-state index < -0.39 is 16.7 Å². The first-order valence-corrected chi connectivity index (χ1v) is 9.74. The van der Waals surface area contributed by atoms with Crippen LogP contribution < -0.4 is 15.0 Å². The van der Waals surface area contributed by atoms with Crippen LogP contribution in [0.4, 0.5) is 17.1 Å². The Hall–Kier alpha value is -4.46. The average Bonchev–Trinajstić information content (AvgIpc) is 3.04. The van der Waals surface area contributed by atoms with Crippen LogP contribution in [0.25, 0.3) is 5.57 Å². The Bertz CT molecular complexity index is 1230. The smallest absolute Gasteiger partial charge is 0.282 e. The van der Waals surface area contributed by atoms with E-state index in [9.17, 15) is 19.7 Å². The minimum atomic E-state index is -0.519. The predicted molar refractivity (Wildman–Crippen MR) is 120 cm³/mol. The second-order valence-electron chi connectivity index (χ2n) is 7.19. The molecule has 0 aromatic heterocycles. The summed E-state index contributed by atoms with van der Waals surface area (Å²) >= 11 is 0. The number of rotatable bonds is 6. The number of non-ortho nitro benzene ring substituents is 1. The normalized spacial score (nSPS) is 13.5. The van der Waals surface area contributed by atoms with Crippen molar-refractivity contribution < 1.29 is 19.2 Å². The van der Waals surface area contributed by atoms with Gasteiger partial charge in [-0.05, 0) is 61.0 Å². The molecule has 160 valence electrons. The van der Waals surface area contributed by atoms with Crippen molar-refractivity contribution in [1.82, 2.24) is 0 Å². The molecule has 0 spiro atoms. The van der Waals surface area contributed by atoms with Crippen LogP contribution in [-0.4, -0.2) is 23.8 Å². The number of methoxy groups -OCH3 is 1. The summed E-state index contributed by atoms with van der Waals surface area (Å²) in [7, 11) is 1.55. The SMILES string of the molecule is COc1ccc(NC2=C(c3ccc([N+](=O)[O-])cc3)C(=O)N(c3ccc(C)cc3)C2=O)cc1. The molecule has 8 heteroatoms. The first kappa shape index (κ1) is 20.8. The minimum Gasteiger partial charge on any atom is -0.497 e. The largest absolute Gasteiger partial charge is 0.497 e. The van der Waals surface area contributed by atoms with Gasteiger partial charge in [-0.1, -0.05) is 17.7 Å². The number of amides is 2. The zero-order valence-corrected chi connectivity index (χ0v) is 17.4. The van der Waals surface area contributed by atoms with Crippen LogP contribution in [0.15, 0.2) is 78.5 Å². The van der Waals surface area contributed by atoms with Crippen molar-refractivity contribution in [2.75, 3.05) is 17.3 Å². The molecule has 0 saturated carbocycles. The Balaban J connectivity index is 1.79. The first-order valence-electron chi connectivity index (χ1n) is 9.74. The molecule has 0 atom stereocenters. The van der Waals surface area contributed by atoms with Crippen molar-refractivity contribution in [2.24, 2.45) is 0 Å². The van der Waals surface area contributed by atoms with Gasteiger partial charge in [-0.3, -0.25) is 19.7 Å². The number of nitro groups is 1. The molecule has 0 saturated heterocycles. The molecule has 1 heterocycles. The number of hydrogen-bond acceptors (Lipinski definition) is 6. The highest BCUT2D eigenvalue weighted by atomic mass is 16.6. The van der Waals surface area contributed by atoms with Crippen molar-refractivity contribution in [2.45, 2.75) is 6.92 Å². The Labute approximate surface area is 183 Å². The maximum absolute atomic E-state index is 13.4. The molecule has 0 bridgehead atoms. The van der Waals surface area contributed by atoms with Crippen molar-refractivity contribution >= 4 is 34.4 Å². The second kappa shape index (κ2) is 8.35. The van der Waals surface area contributed by atoms with E-state index in [1.165, 1.54) is 24.3 Å². The fraction of sp³-hybridized carbons (Fsp3) is 0.0833. The van der Waals surface area contributed by atoms with Gasteiger partial charge in [0.15, 0.2) is 0 Å². The maximum atomic E-state index is 13.4. The number of ether oxygens (including phenoxy) is 1. The maximum Gasteiger partial charge on any atom is 0.282 e. The number of nitrogens with zero attached hydrogens (tertiary/aromatic N) is 2. The van der Waals surface area contributed by atoms with Crippen LogP contribution in [-0.2, 0) is 9.59 Å². The van der Waals surface area contributed by atoms with E-state index in [1.807, 2.05) is 19.1 Å². The summed E-state index contributed by atoms with van der Waals surface area (Å²) in [4.78, 5) is 38.3. The molecular weight excluding hydrogens is 410 g/mol. The monoisotopic (exact) mass is 429 g/mol. The molecule has 0 fully saturated rings. The van der Waals surface area contributed by atoms with E-state index in [1.54, 1.807) is 43.5 Å². The van der Waals surface area contributed by atoms with E-state index in [4.69, 9.17) is 4.74 Å². The zero-order valence-electron chi connectivity index (χ0n) is 17.4. The lowest BCUT2D eigenvalue weighted by Gasteiger charge is -2.15. The fourth-order valence-corrected chi connectivity index (χ4v) is 3.41. The highest BCUT2D eigenvalue weighted by Gasteiger charge is 2.40. The Morgan fingerprint density at radius 3 is 2.06 bits per heavy atom. The molecule has 0 aliphatic carbocycles. The molecule has 0 radical (unpaired) electrons. The van der Waals surface area contributed by atoms with Crippen LogP contribution >= 0.6 is 0 Å². The number of nitro benzene ring substituents is 1. The summed E-state index contributed by atoms with van der Waals surface area (Å²) in [5.41, 5.74) is 2.55. The lowest BCUT2D eigenvalue weighted by molar-refractivity contribution is -0.384. The van der Waals surface area contributed by atoms with Crippen LogP contribution in [0.2, 0.25) is 0 Å². The summed E-state index contributed by atoms with van der Waals surface area (Å²) in [6.07, 6.45) is 0. The molecule has 3 aromatic rings. The summed E-state index contributed by atoms with van der Waals surface area (Å²) in [5, 5.41) is 14.1. The number of hydrogen-bond donors (Lipinski definition) is 1. The van der Waals surface area contributed by atoms with Crippen molar-refractivity contribution in [3.05, 3.63) is 99.7 Å². The number of benzene rings is 3. The molecule has 32 heavy (non-hydrogen) atoms. The molecule has 1 N–H and O–H groups in total. The molecule has 2 amide bonds. The van der Waals surface area contributed by atoms with Crippen molar-refractivity contribution in [3.63, 3.8) is 0 Å². The Morgan fingerprint density at radius 1 is 0.875 bits per heavy atom. The van der Waals surface area contributed by atoms with E-state index in [2.05, 4.69) is 5.32 Å². The van der Waals surface area contributed by atoms with Crippen LogP contribution in [0, 0.1) is 17.0 Å². The number of carbonyl (C=O) groups is 2. The van der Waals surface area contributed by atoms with Gasteiger partial charge in [0.1, 0.15) is 11.4 Å². The van der Waals surface area contributed by atoms with Crippen molar-refractivity contribution in [1.29, 1.82) is 0 Å². The summed E-state index contributed by atoms with van der Waals surface area (Å²) in [5.74, 6) is -0.373. The number of aryl methyl sites for hydroxylation is 1. The molecule has 0 unspecified atom stereocenters. The molecular formula is C24H19N3O5. The lowest BCUT2D eigenvalue weighted by Crippen LogP contribution is -2.32. The average molecular weight is 429 g/mol. The predicted octanol–water partition coefficient (Wildman–Crippen LogP) is 4.31. The van der Waals surface area contributed by atoms with Gasteiger partial charge in [0.25, 0.3) is 17.5 Å². The summed E-state index contributed by atoms with van der Waals surface area (Å²) in [6, 6.07) is 19.5. The third kappa shape index (κ3) is 3.81. The number of carbonyl (C=O) groups excluding carboxylic acids is 2. The number of nitrogens with one attached hydrogen (secondary N) is 1. The standard InChI is InChI=1S/C24H19N3O5/c1-15-3-9-18(10-4-15)26-23(28)21(16-5-11-19(12-6-16)27(30)31)22(24(26)29)25-17-7-13-20(32-2)14-8-17/h3-14,25H,1-2H3. The van der Waals surface area contributed by atoms with Crippen molar-refractivity contribution in [3.8, 4) is 5.75 Å². The molecule has 4 rings (SSSR count). The summed E-state index contributed by atoms with van der Waals surface area (Å²) < 4.78 is 5.16. The molecule has 1 aliphatic heterocycles. The first-order chi connectivity index (χ1) is 15.4. The van der Waals surface area contributed by atoms with Gasteiger partial charge in [0, 0.05) is 17.8 Å². The minimum absolute atomic E-state index is 0.0922. The van der Waals surface area contributed by atoms with Gasteiger partial charge >= 0.3 is 0 Å². The lowest BCUT2D eigenvalue weighted by atomic mass is 10.0. The quantitative estimate of drug-likeness (QED) is 0.356. The van der Waals surface area contributed by atoms with Gasteiger partial charge in [-0.25, -0.2) is 4.90 Å². The highest BCUT2D eigenvalue weighted by molar-refractivity contribution is 6.46. The Kier molecular flexibility index (Phi) is 5.43. The van der Waals surface area contributed by atoms with E-state index in [0.29, 0.717) is 22.7 Å². The van der Waals surface area contributed by atoms with E-state index in [-0.39, 0.29) is 17.0 Å². The Morgan fingerprint density at radius 2 is 1.50 bits per heavy atom. The topological polar surface area (TPSA) is 102 Å². The van der Waals surface area contributed by atoms with Crippen LogP contribution in [0.1, 0.15) is 11.1 Å².